The molecule has 12 heavy (non-hydrogen) atoms. The fraction of sp³-hybridized carbons (Fsp3) is 1.00. The van der Waals surface area contributed by atoms with Crippen molar-refractivity contribution < 1.29 is 29.6 Å². The maximum Gasteiger partial charge on any atom is 1.00 e. The Morgan fingerprint density at radius 3 is 1.42 bits per heavy atom. The topological polar surface area (TPSA) is 0 Å². The molecular weight excluding hydrogens is 175 g/mol. The second-order valence-electron chi connectivity index (χ2n) is 5.10. The second-order valence-corrected chi connectivity index (χ2v) is 5.97. The average molecular weight is 190 g/mol. The van der Waals surface area contributed by atoms with Gasteiger partial charge in [0.1, 0.15) is 0 Å². The van der Waals surface area contributed by atoms with Crippen molar-refractivity contribution in [1.82, 2.24) is 0 Å². The second kappa shape index (κ2) is 3.18. The van der Waals surface area contributed by atoms with Gasteiger partial charge in [-0.1, -0.05) is 19.3 Å². The minimum absolute atomic E-state index is 0. The minimum atomic E-state index is 0. The SMILES string of the molecule is [Na+].[S-]C12CC3CC(CC(C3)C1)C2. The van der Waals surface area contributed by atoms with Gasteiger partial charge in [-0.05, 0) is 37.0 Å². The summed E-state index contributed by atoms with van der Waals surface area (Å²) in [7, 11) is 0. The molecule has 0 aliphatic heterocycles. The van der Waals surface area contributed by atoms with Crippen molar-refractivity contribution in [3.05, 3.63) is 0 Å². The molecule has 0 spiro atoms. The number of hydrogen-bond donors (Lipinski definition) is 0. The van der Waals surface area contributed by atoms with Crippen LogP contribution in [0.1, 0.15) is 38.5 Å². The van der Waals surface area contributed by atoms with Crippen LogP contribution in [0.3, 0.4) is 0 Å². The van der Waals surface area contributed by atoms with Crippen LogP contribution >= 0.6 is 0 Å². The first kappa shape index (κ1) is 9.89. The van der Waals surface area contributed by atoms with Gasteiger partial charge in [-0.2, -0.15) is 4.75 Å². The van der Waals surface area contributed by atoms with Crippen LogP contribution in [-0.2, 0) is 12.6 Å². The number of rotatable bonds is 0. The van der Waals surface area contributed by atoms with Gasteiger partial charge in [-0.25, -0.2) is 0 Å². The van der Waals surface area contributed by atoms with Crippen LogP contribution in [0, 0.1) is 17.8 Å². The van der Waals surface area contributed by atoms with Crippen molar-refractivity contribution >= 4 is 12.6 Å². The molecule has 0 aromatic heterocycles. The van der Waals surface area contributed by atoms with E-state index in [0.717, 1.165) is 17.8 Å². The van der Waals surface area contributed by atoms with E-state index in [4.69, 9.17) is 12.6 Å². The molecule has 0 atom stereocenters. The molecular formula is C10H15NaS. The maximum absolute atomic E-state index is 5.69. The van der Waals surface area contributed by atoms with Gasteiger partial charge in [0.2, 0.25) is 0 Å². The molecule has 0 amide bonds. The molecule has 62 valence electrons. The summed E-state index contributed by atoms with van der Waals surface area (Å²) in [6.07, 6.45) is 8.72. The summed E-state index contributed by atoms with van der Waals surface area (Å²) in [4.78, 5) is 0. The molecule has 2 heteroatoms. The summed E-state index contributed by atoms with van der Waals surface area (Å²) in [5.41, 5.74) is 0. The quantitative estimate of drug-likeness (QED) is 0.367. The van der Waals surface area contributed by atoms with E-state index in [-0.39, 0.29) is 29.6 Å². The van der Waals surface area contributed by atoms with E-state index < -0.39 is 0 Å². The van der Waals surface area contributed by atoms with Crippen LogP contribution in [0.25, 0.3) is 0 Å². The van der Waals surface area contributed by atoms with E-state index >= 15 is 0 Å². The third-order valence-corrected chi connectivity index (χ3v) is 4.48. The van der Waals surface area contributed by atoms with Crippen LogP contribution in [0.5, 0.6) is 0 Å². The fourth-order valence-corrected chi connectivity index (χ4v) is 4.74. The third-order valence-electron chi connectivity index (χ3n) is 3.98. The molecule has 0 saturated heterocycles. The predicted octanol–water partition coefficient (Wildman–Crippen LogP) is -0.494. The summed E-state index contributed by atoms with van der Waals surface area (Å²) < 4.78 is 0.384. The van der Waals surface area contributed by atoms with E-state index in [2.05, 4.69) is 0 Å². The molecule has 4 aliphatic carbocycles. The van der Waals surface area contributed by atoms with Crippen molar-refractivity contribution in [2.75, 3.05) is 0 Å². The molecule has 0 aromatic carbocycles. The normalized spacial score (nSPS) is 55.2. The van der Waals surface area contributed by atoms with Crippen LogP contribution in [-0.4, -0.2) is 4.75 Å². The van der Waals surface area contributed by atoms with Crippen LogP contribution in [0.15, 0.2) is 0 Å². The standard InChI is InChI=1S/C10H16S.Na/c11-10-4-7-1-8(5-10)3-9(2-7)6-10;/h7-9,11H,1-6H2;/q;+1/p-1. The molecule has 4 saturated carbocycles. The fourth-order valence-electron chi connectivity index (χ4n) is 4.03. The van der Waals surface area contributed by atoms with E-state index in [9.17, 15) is 0 Å². The molecule has 4 bridgehead atoms. The Labute approximate surface area is 103 Å². The van der Waals surface area contributed by atoms with Crippen LogP contribution in [0.2, 0.25) is 0 Å². The van der Waals surface area contributed by atoms with Gasteiger partial charge < -0.3 is 12.6 Å². The van der Waals surface area contributed by atoms with E-state index in [0.29, 0.717) is 4.75 Å². The zero-order chi connectivity index (χ0) is 7.47. The molecule has 0 aromatic rings. The molecule has 0 radical (unpaired) electrons. The Balaban J connectivity index is 0.000000563. The maximum atomic E-state index is 5.69. The summed E-state index contributed by atoms with van der Waals surface area (Å²) in [6, 6.07) is 0. The first-order valence-electron chi connectivity index (χ1n) is 4.94. The Morgan fingerprint density at radius 1 is 0.833 bits per heavy atom. The Kier molecular flexibility index (Phi) is 2.62. The molecule has 0 nitrogen and oxygen atoms in total. The molecule has 0 unspecified atom stereocenters. The molecule has 4 fully saturated rings. The average Bonchev–Trinajstić information content (AvgIpc) is 1.79. The van der Waals surface area contributed by atoms with E-state index in [1.807, 2.05) is 0 Å². The van der Waals surface area contributed by atoms with Crippen molar-refractivity contribution in [3.63, 3.8) is 0 Å². The smallest absolute Gasteiger partial charge is 0.786 e. The minimum Gasteiger partial charge on any atom is -0.786 e. The largest absolute Gasteiger partial charge is 1.00 e. The summed E-state index contributed by atoms with van der Waals surface area (Å²) in [5.74, 6) is 3.12. The van der Waals surface area contributed by atoms with Gasteiger partial charge in [0, 0.05) is 0 Å². The van der Waals surface area contributed by atoms with Gasteiger partial charge in [-0.15, -0.1) is 0 Å². The molecule has 4 aliphatic rings. The van der Waals surface area contributed by atoms with Gasteiger partial charge in [0.25, 0.3) is 0 Å². The van der Waals surface area contributed by atoms with E-state index in [1.54, 1.807) is 0 Å². The molecule has 4 rings (SSSR count). The van der Waals surface area contributed by atoms with Crippen molar-refractivity contribution in [1.29, 1.82) is 0 Å². The van der Waals surface area contributed by atoms with Crippen LogP contribution < -0.4 is 29.6 Å². The van der Waals surface area contributed by atoms with Crippen molar-refractivity contribution in [2.24, 2.45) is 17.8 Å². The van der Waals surface area contributed by atoms with Crippen LogP contribution in [0.4, 0.5) is 0 Å². The summed E-state index contributed by atoms with van der Waals surface area (Å²) in [5, 5.41) is 0. The first-order valence-corrected chi connectivity index (χ1v) is 5.35. The number of hydrogen-bond acceptors (Lipinski definition) is 1. The van der Waals surface area contributed by atoms with Gasteiger partial charge in [0.05, 0.1) is 0 Å². The first-order chi connectivity index (χ1) is 5.23. The summed E-state index contributed by atoms with van der Waals surface area (Å²) >= 11 is 5.69. The zero-order valence-electron chi connectivity index (χ0n) is 7.88. The van der Waals surface area contributed by atoms with Gasteiger partial charge in [0.15, 0.2) is 0 Å². The van der Waals surface area contributed by atoms with Gasteiger partial charge in [-0.3, -0.25) is 0 Å². The summed E-state index contributed by atoms with van der Waals surface area (Å²) in [6.45, 7) is 0. The predicted molar refractivity (Wildman–Crippen MR) is 48.3 cm³/mol. The zero-order valence-corrected chi connectivity index (χ0v) is 10.7. The van der Waals surface area contributed by atoms with E-state index in [1.165, 1.54) is 38.5 Å². The molecule has 0 heterocycles. The third kappa shape index (κ3) is 1.51. The Hall–Kier alpha value is 1.35. The molecule has 0 N–H and O–H groups in total. The van der Waals surface area contributed by atoms with Crippen molar-refractivity contribution in [2.45, 2.75) is 43.3 Å². The van der Waals surface area contributed by atoms with Gasteiger partial charge >= 0.3 is 29.6 Å². The monoisotopic (exact) mass is 190 g/mol. The Bertz CT molecular complexity index is 155. The van der Waals surface area contributed by atoms with Crippen molar-refractivity contribution in [3.8, 4) is 0 Å². The Morgan fingerprint density at radius 2 is 1.17 bits per heavy atom.